The predicted molar refractivity (Wildman–Crippen MR) is 96.4 cm³/mol. The zero-order chi connectivity index (χ0) is 18.0. The smallest absolute Gasteiger partial charge is 0.255 e. The lowest BCUT2D eigenvalue weighted by Crippen LogP contribution is -2.28. The topological polar surface area (TPSA) is 75.6 Å². The van der Waals surface area contributed by atoms with Crippen molar-refractivity contribution in [2.24, 2.45) is 7.05 Å². The third kappa shape index (κ3) is 3.63. The molecule has 1 atom stereocenters. The Kier molecular flexibility index (Phi) is 4.70. The summed E-state index contributed by atoms with van der Waals surface area (Å²) in [4.78, 5) is 20.4. The van der Waals surface area contributed by atoms with Gasteiger partial charge in [0.2, 0.25) is 0 Å². The number of aryl methyl sites for hydroxylation is 3. The molecule has 0 radical (unpaired) electrons. The molecule has 0 saturated heterocycles. The lowest BCUT2D eigenvalue weighted by molar-refractivity contribution is 0.0937. The number of hydrogen-bond acceptors (Lipinski definition) is 3. The SMILES string of the molecule is Cc1nc(C(C)NC(=O)c2cnn(C)c2Cc2ccccc2)[nH]c1C. The molecule has 2 N–H and O–H groups in total. The minimum Gasteiger partial charge on any atom is -0.344 e. The quantitative estimate of drug-likeness (QED) is 0.752. The summed E-state index contributed by atoms with van der Waals surface area (Å²) in [5.74, 6) is 0.620. The van der Waals surface area contributed by atoms with Crippen molar-refractivity contribution in [3.05, 3.63) is 70.6 Å². The lowest BCUT2D eigenvalue weighted by atomic mass is 10.1. The van der Waals surface area contributed by atoms with Gasteiger partial charge in [0.1, 0.15) is 5.82 Å². The van der Waals surface area contributed by atoms with Gasteiger partial charge < -0.3 is 10.3 Å². The number of nitrogens with one attached hydrogen (secondary N) is 2. The molecule has 3 rings (SSSR count). The van der Waals surface area contributed by atoms with Crippen molar-refractivity contribution in [2.75, 3.05) is 0 Å². The first-order valence-electron chi connectivity index (χ1n) is 8.34. The fraction of sp³-hybridized carbons (Fsp3) is 0.316. The van der Waals surface area contributed by atoms with Gasteiger partial charge in [-0.25, -0.2) is 4.98 Å². The highest BCUT2D eigenvalue weighted by atomic mass is 16.1. The highest BCUT2D eigenvalue weighted by molar-refractivity contribution is 5.95. The van der Waals surface area contributed by atoms with E-state index in [4.69, 9.17) is 0 Å². The fourth-order valence-corrected chi connectivity index (χ4v) is 2.77. The molecule has 0 aliphatic heterocycles. The number of imidazole rings is 1. The Labute approximate surface area is 147 Å². The molecule has 1 aromatic carbocycles. The van der Waals surface area contributed by atoms with Crippen molar-refractivity contribution in [1.82, 2.24) is 25.1 Å². The van der Waals surface area contributed by atoms with Crippen LogP contribution in [0.2, 0.25) is 0 Å². The molecule has 0 aliphatic rings. The summed E-state index contributed by atoms with van der Waals surface area (Å²) in [6.45, 7) is 5.84. The molecule has 0 fully saturated rings. The minimum absolute atomic E-state index is 0.141. The van der Waals surface area contributed by atoms with E-state index in [1.807, 2.05) is 58.2 Å². The Morgan fingerprint density at radius 1 is 1.28 bits per heavy atom. The number of H-pyrrole nitrogens is 1. The van der Waals surface area contributed by atoms with Crippen LogP contribution in [0, 0.1) is 13.8 Å². The van der Waals surface area contributed by atoms with Gasteiger partial charge in [0.25, 0.3) is 5.91 Å². The van der Waals surface area contributed by atoms with Gasteiger partial charge in [0.05, 0.1) is 29.2 Å². The summed E-state index contributed by atoms with van der Waals surface area (Å²) in [6.07, 6.45) is 2.28. The molecular formula is C19H23N5O. The molecule has 0 aliphatic carbocycles. The first-order valence-corrected chi connectivity index (χ1v) is 8.34. The van der Waals surface area contributed by atoms with E-state index < -0.39 is 0 Å². The van der Waals surface area contributed by atoms with Crippen LogP contribution in [0.1, 0.15) is 51.8 Å². The standard InChI is InChI=1S/C19H23N5O/c1-12-13(2)22-18(21-12)14(3)23-19(25)16-11-20-24(4)17(16)10-15-8-6-5-7-9-15/h5-9,11,14H,10H2,1-4H3,(H,21,22)(H,23,25). The molecule has 0 spiro atoms. The Hall–Kier alpha value is -2.89. The van der Waals surface area contributed by atoms with Gasteiger partial charge in [0.15, 0.2) is 0 Å². The zero-order valence-electron chi connectivity index (χ0n) is 15.0. The van der Waals surface area contributed by atoms with Crippen LogP contribution in [0.4, 0.5) is 0 Å². The number of rotatable bonds is 5. The molecule has 0 bridgehead atoms. The summed E-state index contributed by atoms with van der Waals surface area (Å²) < 4.78 is 1.76. The first kappa shape index (κ1) is 17.0. The van der Waals surface area contributed by atoms with Crippen molar-refractivity contribution in [1.29, 1.82) is 0 Å². The molecule has 0 saturated carbocycles. The van der Waals surface area contributed by atoms with Crippen molar-refractivity contribution in [3.63, 3.8) is 0 Å². The third-order valence-electron chi connectivity index (χ3n) is 4.42. The summed E-state index contributed by atoms with van der Waals surface area (Å²) in [6, 6.07) is 9.86. The molecule has 1 unspecified atom stereocenters. The Morgan fingerprint density at radius 2 is 2.00 bits per heavy atom. The highest BCUT2D eigenvalue weighted by Crippen LogP contribution is 2.16. The maximum absolute atomic E-state index is 12.7. The van der Waals surface area contributed by atoms with Crippen molar-refractivity contribution in [3.8, 4) is 0 Å². The number of aromatic nitrogens is 4. The lowest BCUT2D eigenvalue weighted by Gasteiger charge is -2.12. The summed E-state index contributed by atoms with van der Waals surface area (Å²) in [5.41, 5.74) is 4.59. The average molecular weight is 337 g/mol. The van der Waals surface area contributed by atoms with E-state index in [0.717, 1.165) is 28.5 Å². The van der Waals surface area contributed by atoms with E-state index in [1.54, 1.807) is 10.9 Å². The molecular weight excluding hydrogens is 314 g/mol. The number of hydrogen-bond donors (Lipinski definition) is 2. The molecule has 130 valence electrons. The second-order valence-electron chi connectivity index (χ2n) is 6.32. The monoisotopic (exact) mass is 337 g/mol. The highest BCUT2D eigenvalue weighted by Gasteiger charge is 2.20. The van der Waals surface area contributed by atoms with Gasteiger partial charge in [-0.2, -0.15) is 5.10 Å². The summed E-state index contributed by atoms with van der Waals surface area (Å²) in [7, 11) is 1.86. The Morgan fingerprint density at radius 3 is 2.64 bits per heavy atom. The molecule has 6 nitrogen and oxygen atoms in total. The van der Waals surface area contributed by atoms with Gasteiger partial charge in [0, 0.05) is 19.2 Å². The van der Waals surface area contributed by atoms with Gasteiger partial charge in [-0.1, -0.05) is 30.3 Å². The predicted octanol–water partition coefficient (Wildman–Crippen LogP) is 2.84. The molecule has 2 aromatic heterocycles. The van der Waals surface area contributed by atoms with E-state index in [9.17, 15) is 4.79 Å². The van der Waals surface area contributed by atoms with Crippen LogP contribution in [0.25, 0.3) is 0 Å². The number of aromatic amines is 1. The van der Waals surface area contributed by atoms with Gasteiger partial charge in [-0.15, -0.1) is 0 Å². The van der Waals surface area contributed by atoms with Crippen LogP contribution >= 0.6 is 0 Å². The largest absolute Gasteiger partial charge is 0.344 e. The van der Waals surface area contributed by atoms with E-state index in [2.05, 4.69) is 20.4 Å². The normalized spacial score (nSPS) is 12.2. The summed E-state index contributed by atoms with van der Waals surface area (Å²) in [5, 5.41) is 7.27. The Bertz CT molecular complexity index is 859. The van der Waals surface area contributed by atoms with Crippen LogP contribution in [0.3, 0.4) is 0 Å². The Balaban J connectivity index is 1.78. The van der Waals surface area contributed by atoms with E-state index >= 15 is 0 Å². The first-order chi connectivity index (χ1) is 12.0. The fourth-order valence-electron chi connectivity index (χ4n) is 2.77. The molecule has 25 heavy (non-hydrogen) atoms. The van der Waals surface area contributed by atoms with Gasteiger partial charge in [-0.3, -0.25) is 9.48 Å². The molecule has 1 amide bonds. The van der Waals surface area contributed by atoms with Crippen molar-refractivity contribution >= 4 is 5.91 Å². The van der Waals surface area contributed by atoms with E-state index in [0.29, 0.717) is 12.0 Å². The minimum atomic E-state index is -0.204. The van der Waals surface area contributed by atoms with Gasteiger partial charge in [-0.05, 0) is 26.3 Å². The number of nitrogens with zero attached hydrogens (tertiary/aromatic N) is 3. The maximum atomic E-state index is 12.7. The van der Waals surface area contributed by atoms with Crippen LogP contribution in [-0.2, 0) is 13.5 Å². The van der Waals surface area contributed by atoms with E-state index in [1.165, 1.54) is 0 Å². The number of carbonyl (C=O) groups excluding carboxylic acids is 1. The zero-order valence-corrected chi connectivity index (χ0v) is 15.0. The number of benzene rings is 1. The third-order valence-corrected chi connectivity index (χ3v) is 4.42. The average Bonchev–Trinajstić information content (AvgIpc) is 3.12. The van der Waals surface area contributed by atoms with Gasteiger partial charge >= 0.3 is 0 Å². The molecule has 2 heterocycles. The van der Waals surface area contributed by atoms with Crippen molar-refractivity contribution < 1.29 is 4.79 Å². The second kappa shape index (κ2) is 6.93. The molecule has 6 heteroatoms. The van der Waals surface area contributed by atoms with E-state index in [-0.39, 0.29) is 11.9 Å². The number of carbonyl (C=O) groups is 1. The van der Waals surface area contributed by atoms with Crippen LogP contribution in [0.15, 0.2) is 36.5 Å². The van der Waals surface area contributed by atoms with Crippen LogP contribution in [0.5, 0.6) is 0 Å². The van der Waals surface area contributed by atoms with Crippen LogP contribution in [-0.4, -0.2) is 25.7 Å². The second-order valence-corrected chi connectivity index (χ2v) is 6.32. The van der Waals surface area contributed by atoms with Crippen LogP contribution < -0.4 is 5.32 Å². The summed E-state index contributed by atoms with van der Waals surface area (Å²) >= 11 is 0. The molecule has 3 aromatic rings. The van der Waals surface area contributed by atoms with Crippen molar-refractivity contribution in [2.45, 2.75) is 33.2 Å². The maximum Gasteiger partial charge on any atom is 0.255 e. The number of amides is 1.